The van der Waals surface area contributed by atoms with Crippen LogP contribution in [0.15, 0.2) is 77.3 Å². The van der Waals surface area contributed by atoms with Gasteiger partial charge in [0.1, 0.15) is 17.6 Å². The molecule has 0 spiro atoms. The maximum atomic E-state index is 6.46. The van der Waals surface area contributed by atoms with Gasteiger partial charge >= 0.3 is 0 Å². The fourth-order valence-corrected chi connectivity index (χ4v) is 4.89. The molecule has 2 atom stereocenters. The van der Waals surface area contributed by atoms with E-state index in [2.05, 4.69) is 47.2 Å². The predicted molar refractivity (Wildman–Crippen MR) is 138 cm³/mol. The molecule has 2 aromatic heterocycles. The average molecular weight is 494 g/mol. The van der Waals surface area contributed by atoms with E-state index >= 15 is 0 Å². The predicted octanol–water partition coefficient (Wildman–Crippen LogP) is 7.44. The number of hydrogen-bond donors (Lipinski definition) is 1. The molecule has 0 aliphatic carbocycles. The second-order valence-electron chi connectivity index (χ2n) is 8.07. The third-order valence-electron chi connectivity index (χ3n) is 6.00. The lowest BCUT2D eigenvalue weighted by Gasteiger charge is -2.26. The third-order valence-corrected chi connectivity index (χ3v) is 7.14. The number of furan rings is 1. The fraction of sp³-hybridized carbons (Fsp3) is 0.154. The summed E-state index contributed by atoms with van der Waals surface area (Å²) in [5.41, 5.74) is 5.05. The quantitative estimate of drug-likeness (QED) is 0.299. The van der Waals surface area contributed by atoms with Gasteiger partial charge in [0.05, 0.1) is 21.8 Å². The van der Waals surface area contributed by atoms with E-state index in [-0.39, 0.29) is 12.1 Å². The van der Waals surface area contributed by atoms with Crippen molar-refractivity contribution in [3.8, 4) is 11.3 Å². The molecule has 1 saturated heterocycles. The summed E-state index contributed by atoms with van der Waals surface area (Å²) in [5.74, 6) is 1.40. The summed E-state index contributed by atoms with van der Waals surface area (Å²) in [4.78, 5) is 6.69. The molecule has 0 radical (unpaired) electrons. The summed E-state index contributed by atoms with van der Waals surface area (Å²) in [6.45, 7) is 4.20. The number of aryl methyl sites for hydroxylation is 2. The number of thiocarbonyl (C=S) groups is 1. The highest BCUT2D eigenvalue weighted by atomic mass is 35.5. The lowest BCUT2D eigenvalue weighted by molar-refractivity contribution is 0.439. The molecule has 0 amide bonds. The molecule has 166 valence electrons. The zero-order valence-corrected chi connectivity index (χ0v) is 20.4. The maximum Gasteiger partial charge on any atom is 0.174 e. The van der Waals surface area contributed by atoms with Gasteiger partial charge in [0, 0.05) is 17.4 Å². The first kappa shape index (κ1) is 22.0. The number of aromatic nitrogens is 1. The van der Waals surface area contributed by atoms with Crippen molar-refractivity contribution in [1.29, 1.82) is 0 Å². The van der Waals surface area contributed by atoms with Crippen molar-refractivity contribution in [1.82, 2.24) is 10.3 Å². The number of benzene rings is 2. The highest BCUT2D eigenvalue weighted by Gasteiger charge is 2.42. The molecule has 4 nitrogen and oxygen atoms in total. The lowest BCUT2D eigenvalue weighted by Crippen LogP contribution is -2.29. The molecule has 0 saturated carbocycles. The van der Waals surface area contributed by atoms with Crippen molar-refractivity contribution in [2.45, 2.75) is 25.9 Å². The normalized spacial score (nSPS) is 17.9. The Morgan fingerprint density at radius 2 is 1.82 bits per heavy atom. The molecule has 2 aromatic carbocycles. The first-order chi connectivity index (χ1) is 15.9. The molecular formula is C26H21Cl2N3OS. The number of pyridine rings is 1. The van der Waals surface area contributed by atoms with Gasteiger partial charge in [-0.1, -0.05) is 41.4 Å². The van der Waals surface area contributed by atoms with Crippen molar-refractivity contribution in [3.05, 3.63) is 106 Å². The van der Waals surface area contributed by atoms with E-state index in [0.29, 0.717) is 20.9 Å². The number of rotatable bonds is 4. The first-order valence-electron chi connectivity index (χ1n) is 10.6. The van der Waals surface area contributed by atoms with Gasteiger partial charge in [0.15, 0.2) is 5.11 Å². The summed E-state index contributed by atoms with van der Waals surface area (Å²) in [7, 11) is 0. The number of nitrogens with zero attached hydrogens (tertiary/aromatic N) is 2. The molecule has 1 fully saturated rings. The van der Waals surface area contributed by atoms with E-state index in [0.717, 1.165) is 22.7 Å². The largest absolute Gasteiger partial charge is 0.459 e. The van der Waals surface area contributed by atoms with Crippen LogP contribution >= 0.6 is 35.4 Å². The highest BCUT2D eigenvalue weighted by Crippen LogP contribution is 2.44. The fourth-order valence-electron chi connectivity index (χ4n) is 4.15. The minimum absolute atomic E-state index is 0.186. The monoisotopic (exact) mass is 493 g/mol. The summed E-state index contributed by atoms with van der Waals surface area (Å²) in [6, 6.07) is 21.2. The van der Waals surface area contributed by atoms with Crippen LogP contribution in [-0.2, 0) is 0 Å². The van der Waals surface area contributed by atoms with Gasteiger partial charge in [0.25, 0.3) is 0 Å². The third kappa shape index (κ3) is 4.01. The van der Waals surface area contributed by atoms with Crippen LogP contribution in [0.2, 0.25) is 10.0 Å². The summed E-state index contributed by atoms with van der Waals surface area (Å²) in [5, 5.41) is 5.03. The molecule has 0 unspecified atom stereocenters. The van der Waals surface area contributed by atoms with E-state index in [4.69, 9.17) is 39.8 Å². The van der Waals surface area contributed by atoms with Crippen LogP contribution < -0.4 is 10.2 Å². The Balaban J connectivity index is 1.62. The van der Waals surface area contributed by atoms with Crippen LogP contribution in [0, 0.1) is 13.8 Å². The molecule has 0 bridgehead atoms. The molecule has 5 rings (SSSR count). The highest BCUT2D eigenvalue weighted by molar-refractivity contribution is 7.80. The SMILES string of the molecule is Cc1ccc(N2C(=S)N[C@@H](c3ccccn3)[C@H]2c2ccc(-c3cccc(Cl)c3Cl)o2)cc1C. The minimum Gasteiger partial charge on any atom is -0.459 e. The second-order valence-corrected chi connectivity index (χ2v) is 9.24. The van der Waals surface area contributed by atoms with E-state index in [1.54, 1.807) is 12.3 Å². The molecule has 7 heteroatoms. The van der Waals surface area contributed by atoms with Crippen molar-refractivity contribution < 1.29 is 4.42 Å². The van der Waals surface area contributed by atoms with E-state index in [9.17, 15) is 0 Å². The zero-order chi connectivity index (χ0) is 23.1. The Kier molecular flexibility index (Phi) is 5.87. The van der Waals surface area contributed by atoms with Crippen molar-refractivity contribution in [2.75, 3.05) is 4.90 Å². The van der Waals surface area contributed by atoms with Gasteiger partial charge in [-0.3, -0.25) is 4.98 Å². The minimum atomic E-state index is -0.235. The lowest BCUT2D eigenvalue weighted by atomic mass is 10.0. The number of nitrogens with one attached hydrogen (secondary N) is 1. The second kappa shape index (κ2) is 8.82. The Morgan fingerprint density at radius 1 is 0.970 bits per heavy atom. The van der Waals surface area contributed by atoms with Crippen LogP contribution in [0.3, 0.4) is 0 Å². The first-order valence-corrected chi connectivity index (χ1v) is 11.7. The molecule has 4 aromatic rings. The van der Waals surface area contributed by atoms with Crippen molar-refractivity contribution in [2.24, 2.45) is 0 Å². The molecule has 1 aliphatic heterocycles. The maximum absolute atomic E-state index is 6.46. The van der Waals surface area contributed by atoms with Crippen LogP contribution in [0.4, 0.5) is 5.69 Å². The molecule has 1 aliphatic rings. The van der Waals surface area contributed by atoms with Gasteiger partial charge in [-0.25, -0.2) is 0 Å². The topological polar surface area (TPSA) is 41.3 Å². The Hall–Kier alpha value is -2.86. The average Bonchev–Trinajstić information content (AvgIpc) is 3.43. The molecule has 1 N–H and O–H groups in total. The number of anilines is 1. The summed E-state index contributed by atoms with van der Waals surface area (Å²) in [6.07, 6.45) is 1.79. The van der Waals surface area contributed by atoms with Crippen molar-refractivity contribution >= 4 is 46.2 Å². The van der Waals surface area contributed by atoms with Gasteiger partial charge in [0.2, 0.25) is 0 Å². The van der Waals surface area contributed by atoms with Crippen LogP contribution in [0.1, 0.15) is 34.7 Å². The van der Waals surface area contributed by atoms with E-state index < -0.39 is 0 Å². The van der Waals surface area contributed by atoms with Crippen LogP contribution in [-0.4, -0.2) is 10.1 Å². The molecular weight excluding hydrogens is 473 g/mol. The van der Waals surface area contributed by atoms with E-state index in [1.165, 1.54) is 11.1 Å². The van der Waals surface area contributed by atoms with Crippen LogP contribution in [0.5, 0.6) is 0 Å². The van der Waals surface area contributed by atoms with Gasteiger partial charge in [-0.2, -0.15) is 0 Å². The summed E-state index contributed by atoms with van der Waals surface area (Å²) >= 11 is 18.5. The number of halogens is 2. The Morgan fingerprint density at radius 3 is 2.58 bits per heavy atom. The molecule has 33 heavy (non-hydrogen) atoms. The van der Waals surface area contributed by atoms with Gasteiger partial charge in [-0.15, -0.1) is 0 Å². The van der Waals surface area contributed by atoms with Gasteiger partial charge < -0.3 is 14.6 Å². The van der Waals surface area contributed by atoms with Crippen LogP contribution in [0.25, 0.3) is 11.3 Å². The van der Waals surface area contributed by atoms with Gasteiger partial charge in [-0.05, 0) is 85.7 Å². The Labute approximate surface area is 208 Å². The molecule has 3 heterocycles. The Bertz CT molecular complexity index is 1340. The van der Waals surface area contributed by atoms with E-state index in [1.807, 2.05) is 42.5 Å². The number of hydrogen-bond acceptors (Lipinski definition) is 3. The smallest absolute Gasteiger partial charge is 0.174 e. The standard InChI is InChI=1S/C26H21Cl2N3OS/c1-15-9-10-17(14-16(15)2)31-25(24(30-26(31)33)20-8-3-4-13-29-20)22-12-11-21(32-22)18-6-5-7-19(27)23(18)28/h3-14,24-25H,1-2H3,(H,30,33)/t24-,25+/m0/s1. The van der Waals surface area contributed by atoms with Crippen molar-refractivity contribution in [3.63, 3.8) is 0 Å². The zero-order valence-electron chi connectivity index (χ0n) is 18.0. The summed E-state index contributed by atoms with van der Waals surface area (Å²) < 4.78 is 6.38.